The summed E-state index contributed by atoms with van der Waals surface area (Å²) in [5, 5.41) is 19.4. The van der Waals surface area contributed by atoms with Crippen molar-refractivity contribution in [1.29, 1.82) is 0 Å². The van der Waals surface area contributed by atoms with Crippen LogP contribution in [-0.4, -0.2) is 34.3 Å². The smallest absolute Gasteiger partial charge is 0.413 e. The van der Waals surface area contributed by atoms with Crippen LogP contribution in [-0.2, 0) is 9.59 Å². The van der Waals surface area contributed by atoms with Crippen molar-refractivity contribution in [3.8, 4) is 5.75 Å². The Balaban J connectivity index is 2.52. The lowest BCUT2D eigenvalue weighted by molar-refractivity contribution is -0.140. The third-order valence-electron chi connectivity index (χ3n) is 2.19. The van der Waals surface area contributed by atoms with Gasteiger partial charge in [-0.05, 0) is 18.6 Å². The summed E-state index contributed by atoms with van der Waals surface area (Å²) in [6.07, 6.45) is -1.51. The quantitative estimate of drug-likeness (QED) is 0.711. The van der Waals surface area contributed by atoms with Gasteiger partial charge >= 0.3 is 18.0 Å². The highest BCUT2D eigenvalue weighted by Gasteiger charge is 2.21. The molecule has 0 aliphatic carbocycles. The monoisotopic (exact) mass is 267 g/mol. The molecule has 0 aliphatic rings. The number of carboxylic acids is 2. The molecule has 0 radical (unpaired) electrons. The summed E-state index contributed by atoms with van der Waals surface area (Å²) in [5.41, 5.74) is 0. The van der Waals surface area contributed by atoms with Crippen LogP contribution in [0.2, 0.25) is 0 Å². The molecule has 0 saturated carbocycles. The Morgan fingerprint density at radius 2 is 1.79 bits per heavy atom. The zero-order valence-electron chi connectivity index (χ0n) is 9.91. The van der Waals surface area contributed by atoms with Gasteiger partial charge in [-0.15, -0.1) is 0 Å². The second kappa shape index (κ2) is 7.00. The molecule has 0 spiro atoms. The summed E-state index contributed by atoms with van der Waals surface area (Å²) in [4.78, 5) is 32.6. The van der Waals surface area contributed by atoms with Gasteiger partial charge in [-0.3, -0.25) is 4.79 Å². The van der Waals surface area contributed by atoms with E-state index in [4.69, 9.17) is 14.9 Å². The van der Waals surface area contributed by atoms with Crippen molar-refractivity contribution in [1.82, 2.24) is 5.32 Å². The molecule has 7 heteroatoms. The Kier molecular flexibility index (Phi) is 5.34. The number of nitrogens with one attached hydrogen (secondary N) is 1. The Morgan fingerprint density at radius 1 is 1.16 bits per heavy atom. The molecule has 0 aromatic heterocycles. The number of rotatable bonds is 6. The third-order valence-corrected chi connectivity index (χ3v) is 2.19. The molecule has 1 aromatic rings. The summed E-state index contributed by atoms with van der Waals surface area (Å²) < 4.78 is 4.84. The second-order valence-electron chi connectivity index (χ2n) is 3.67. The largest absolute Gasteiger partial charge is 0.481 e. The fraction of sp³-hybridized carbons (Fsp3) is 0.250. The highest BCUT2D eigenvalue weighted by Crippen LogP contribution is 2.08. The number of benzene rings is 1. The van der Waals surface area contributed by atoms with Crippen LogP contribution in [0.1, 0.15) is 12.8 Å². The predicted molar refractivity (Wildman–Crippen MR) is 63.9 cm³/mol. The second-order valence-corrected chi connectivity index (χ2v) is 3.67. The highest BCUT2D eigenvalue weighted by molar-refractivity contribution is 5.81. The molecule has 0 aliphatic heterocycles. The van der Waals surface area contributed by atoms with Gasteiger partial charge in [0.05, 0.1) is 0 Å². The van der Waals surface area contributed by atoms with E-state index in [1.54, 1.807) is 18.2 Å². The van der Waals surface area contributed by atoms with Gasteiger partial charge in [0.2, 0.25) is 0 Å². The van der Waals surface area contributed by atoms with Crippen LogP contribution in [0.25, 0.3) is 0 Å². The molecule has 1 aromatic carbocycles. The Morgan fingerprint density at radius 3 is 2.32 bits per heavy atom. The van der Waals surface area contributed by atoms with Crippen molar-refractivity contribution in [2.45, 2.75) is 18.9 Å². The lowest BCUT2D eigenvalue weighted by atomic mass is 10.1. The maximum atomic E-state index is 11.4. The van der Waals surface area contributed by atoms with Gasteiger partial charge in [-0.2, -0.15) is 0 Å². The maximum Gasteiger partial charge on any atom is 0.413 e. The van der Waals surface area contributed by atoms with Gasteiger partial charge in [0.15, 0.2) is 0 Å². The lowest BCUT2D eigenvalue weighted by Crippen LogP contribution is -2.42. The van der Waals surface area contributed by atoms with Crippen molar-refractivity contribution in [3.63, 3.8) is 0 Å². The number of aliphatic carboxylic acids is 2. The average molecular weight is 267 g/mol. The van der Waals surface area contributed by atoms with E-state index in [0.29, 0.717) is 0 Å². The molecule has 7 nitrogen and oxygen atoms in total. The summed E-state index contributed by atoms with van der Waals surface area (Å²) in [7, 11) is 0. The van der Waals surface area contributed by atoms with E-state index in [2.05, 4.69) is 5.32 Å². The number of carboxylic acid groups (broad SMARTS) is 2. The molecule has 1 rings (SSSR count). The van der Waals surface area contributed by atoms with Crippen LogP contribution >= 0.6 is 0 Å². The van der Waals surface area contributed by atoms with Crippen molar-refractivity contribution in [2.75, 3.05) is 0 Å². The molecule has 0 bridgehead atoms. The van der Waals surface area contributed by atoms with E-state index in [1.165, 1.54) is 12.1 Å². The highest BCUT2D eigenvalue weighted by atomic mass is 16.6. The zero-order valence-corrected chi connectivity index (χ0v) is 9.91. The van der Waals surface area contributed by atoms with Gasteiger partial charge < -0.3 is 20.3 Å². The number of amides is 1. The van der Waals surface area contributed by atoms with Crippen LogP contribution < -0.4 is 10.1 Å². The number of carbonyl (C=O) groups is 3. The Hall–Kier alpha value is -2.57. The molecular weight excluding hydrogens is 254 g/mol. The van der Waals surface area contributed by atoms with E-state index < -0.39 is 24.1 Å². The van der Waals surface area contributed by atoms with Gasteiger partial charge in [0, 0.05) is 6.42 Å². The van der Waals surface area contributed by atoms with Crippen molar-refractivity contribution >= 4 is 18.0 Å². The van der Waals surface area contributed by atoms with Crippen molar-refractivity contribution in [3.05, 3.63) is 30.3 Å². The third kappa shape index (κ3) is 5.53. The first-order valence-corrected chi connectivity index (χ1v) is 5.47. The maximum absolute atomic E-state index is 11.4. The first-order valence-electron chi connectivity index (χ1n) is 5.47. The van der Waals surface area contributed by atoms with E-state index in [1.807, 2.05) is 0 Å². The van der Waals surface area contributed by atoms with Gasteiger partial charge in [0.1, 0.15) is 11.8 Å². The number of hydrogen-bond acceptors (Lipinski definition) is 4. The van der Waals surface area contributed by atoms with E-state index >= 15 is 0 Å². The summed E-state index contributed by atoms with van der Waals surface area (Å²) in [6.45, 7) is 0. The fourth-order valence-electron chi connectivity index (χ4n) is 1.29. The fourth-order valence-corrected chi connectivity index (χ4v) is 1.29. The first kappa shape index (κ1) is 14.5. The van der Waals surface area contributed by atoms with Crippen LogP contribution in [0.5, 0.6) is 5.75 Å². The molecule has 1 amide bonds. The topological polar surface area (TPSA) is 113 Å². The van der Waals surface area contributed by atoms with Gasteiger partial charge in [-0.1, -0.05) is 18.2 Å². The molecule has 3 N–H and O–H groups in total. The molecule has 0 unspecified atom stereocenters. The molecule has 102 valence electrons. The molecule has 1 atom stereocenters. The van der Waals surface area contributed by atoms with Crippen LogP contribution in [0.4, 0.5) is 4.79 Å². The summed E-state index contributed by atoms with van der Waals surface area (Å²) in [5.74, 6) is -2.18. The number of carbonyl (C=O) groups excluding carboxylic acids is 1. The standard InChI is InChI=1S/C12H13NO6/c14-10(15)7-6-9(11(16)17)13-12(18)19-8-4-2-1-3-5-8/h1-5,9H,6-7H2,(H,13,18)(H,14,15)(H,16,17)/t9-/m0/s1. The van der Waals surface area contributed by atoms with Crippen LogP contribution in [0.3, 0.4) is 0 Å². The molecule has 0 saturated heterocycles. The first-order chi connectivity index (χ1) is 8.99. The minimum atomic E-state index is -1.31. The Labute approximate surface area is 108 Å². The van der Waals surface area contributed by atoms with Crippen molar-refractivity contribution < 1.29 is 29.3 Å². The number of ether oxygens (including phenoxy) is 1. The minimum absolute atomic E-state index is 0.214. The summed E-state index contributed by atoms with van der Waals surface area (Å²) >= 11 is 0. The number of para-hydroxylation sites is 1. The predicted octanol–water partition coefficient (Wildman–Crippen LogP) is 1.09. The molecular formula is C12H13NO6. The summed E-state index contributed by atoms with van der Waals surface area (Å²) in [6, 6.07) is 6.81. The van der Waals surface area contributed by atoms with E-state index in [9.17, 15) is 14.4 Å². The molecule has 0 fully saturated rings. The number of hydrogen-bond donors (Lipinski definition) is 3. The molecule has 19 heavy (non-hydrogen) atoms. The normalized spacial score (nSPS) is 11.4. The van der Waals surface area contributed by atoms with E-state index in [0.717, 1.165) is 0 Å². The SMILES string of the molecule is O=C(O)CC[C@H](NC(=O)Oc1ccccc1)C(=O)O. The van der Waals surface area contributed by atoms with Crippen molar-refractivity contribution in [2.24, 2.45) is 0 Å². The van der Waals surface area contributed by atoms with Gasteiger partial charge in [-0.25, -0.2) is 9.59 Å². The molecule has 0 heterocycles. The van der Waals surface area contributed by atoms with Crippen LogP contribution in [0, 0.1) is 0 Å². The average Bonchev–Trinajstić information content (AvgIpc) is 2.35. The minimum Gasteiger partial charge on any atom is -0.481 e. The van der Waals surface area contributed by atoms with Crippen LogP contribution in [0.15, 0.2) is 30.3 Å². The lowest BCUT2D eigenvalue weighted by Gasteiger charge is -2.13. The zero-order chi connectivity index (χ0) is 14.3. The Bertz CT molecular complexity index is 459. The van der Waals surface area contributed by atoms with Gasteiger partial charge in [0.25, 0.3) is 0 Å². The van der Waals surface area contributed by atoms with E-state index in [-0.39, 0.29) is 18.6 Å².